The second-order valence-electron chi connectivity index (χ2n) is 8.79. The summed E-state index contributed by atoms with van der Waals surface area (Å²) >= 11 is 0. The lowest BCUT2D eigenvalue weighted by molar-refractivity contribution is -0.135. The van der Waals surface area contributed by atoms with E-state index in [4.69, 9.17) is 0 Å². The Morgan fingerprint density at radius 3 is 2.75 bits per heavy atom. The van der Waals surface area contributed by atoms with Crippen LogP contribution in [0.5, 0.6) is 0 Å². The number of carbonyl (C=O) groups is 3. The monoisotopic (exact) mass is 383 g/mol. The number of rotatable bonds is 3. The molecule has 1 heterocycles. The summed E-state index contributed by atoms with van der Waals surface area (Å²) in [6.45, 7) is 4.17. The van der Waals surface area contributed by atoms with Crippen molar-refractivity contribution in [2.75, 3.05) is 6.54 Å². The Hall–Kier alpha value is -2.37. The van der Waals surface area contributed by atoms with Crippen molar-refractivity contribution in [1.29, 1.82) is 0 Å². The maximum atomic E-state index is 13.1. The Morgan fingerprint density at radius 1 is 1.21 bits per heavy atom. The number of aryl methyl sites for hydroxylation is 1. The molecule has 2 fully saturated rings. The van der Waals surface area contributed by atoms with Crippen molar-refractivity contribution >= 4 is 17.8 Å². The molecule has 0 radical (unpaired) electrons. The van der Waals surface area contributed by atoms with Crippen LogP contribution in [0, 0.1) is 11.8 Å². The van der Waals surface area contributed by atoms with Crippen LogP contribution >= 0.6 is 0 Å². The van der Waals surface area contributed by atoms with E-state index in [0.717, 1.165) is 29.7 Å². The highest BCUT2D eigenvalue weighted by molar-refractivity contribution is 6.09. The first-order valence-electron chi connectivity index (χ1n) is 10.4. The highest BCUT2D eigenvalue weighted by atomic mass is 16.2. The van der Waals surface area contributed by atoms with Crippen molar-refractivity contribution in [2.45, 2.75) is 64.0 Å². The Morgan fingerprint density at radius 2 is 1.96 bits per heavy atom. The molecule has 4 unspecified atom stereocenters. The van der Waals surface area contributed by atoms with E-state index in [1.54, 1.807) is 0 Å². The molecule has 1 saturated carbocycles. The van der Waals surface area contributed by atoms with Crippen molar-refractivity contribution < 1.29 is 14.4 Å². The van der Waals surface area contributed by atoms with Crippen LogP contribution in [0.1, 0.15) is 50.7 Å². The lowest BCUT2D eigenvalue weighted by Crippen LogP contribution is -2.52. The van der Waals surface area contributed by atoms with Crippen molar-refractivity contribution in [1.82, 2.24) is 15.5 Å². The Bertz CT molecular complexity index is 808. The summed E-state index contributed by atoms with van der Waals surface area (Å²) in [5.74, 6) is 0.457. The summed E-state index contributed by atoms with van der Waals surface area (Å²) in [6.07, 6.45) is 5.05. The van der Waals surface area contributed by atoms with E-state index in [1.165, 1.54) is 12.0 Å². The molecule has 6 heteroatoms. The van der Waals surface area contributed by atoms with Crippen LogP contribution < -0.4 is 10.6 Å². The van der Waals surface area contributed by atoms with Crippen LogP contribution in [-0.4, -0.2) is 40.9 Å². The number of imide groups is 1. The maximum Gasteiger partial charge on any atom is 0.325 e. The van der Waals surface area contributed by atoms with E-state index in [0.29, 0.717) is 24.7 Å². The summed E-state index contributed by atoms with van der Waals surface area (Å²) < 4.78 is 0. The molecule has 2 aliphatic carbocycles. The third-order valence-electron chi connectivity index (χ3n) is 7.03. The zero-order valence-corrected chi connectivity index (χ0v) is 16.7. The van der Waals surface area contributed by atoms with E-state index in [9.17, 15) is 14.4 Å². The zero-order chi connectivity index (χ0) is 19.9. The first-order chi connectivity index (χ1) is 13.4. The summed E-state index contributed by atoms with van der Waals surface area (Å²) in [4.78, 5) is 39.3. The van der Waals surface area contributed by atoms with E-state index < -0.39 is 11.6 Å². The number of fused-ring (bicyclic) bond motifs is 1. The van der Waals surface area contributed by atoms with Gasteiger partial charge in [0.2, 0.25) is 5.91 Å². The van der Waals surface area contributed by atoms with E-state index in [-0.39, 0.29) is 24.4 Å². The molecule has 1 aromatic carbocycles. The number of benzene rings is 1. The average Bonchev–Trinajstić information content (AvgIpc) is 2.89. The Balaban J connectivity index is 1.43. The molecule has 1 saturated heterocycles. The number of hydrogen-bond acceptors (Lipinski definition) is 3. The summed E-state index contributed by atoms with van der Waals surface area (Å²) in [5, 5.41) is 5.95. The number of hydrogen-bond donors (Lipinski definition) is 2. The molecule has 1 aromatic rings. The van der Waals surface area contributed by atoms with E-state index in [2.05, 4.69) is 30.5 Å². The standard InChI is InChI=1S/C22H29N3O3/c1-14-6-5-9-18(15(14)2)23-19(26)13-25-20(27)22(24-21(25)28)11-10-16-7-3-4-8-17(16)12-22/h3-4,7-8,14-15,18H,5-6,9-13H2,1-2H3,(H,23,26)(H,24,28). The van der Waals surface area contributed by atoms with E-state index in [1.807, 2.05) is 18.2 Å². The van der Waals surface area contributed by atoms with E-state index >= 15 is 0 Å². The smallest absolute Gasteiger partial charge is 0.325 e. The van der Waals surface area contributed by atoms with Gasteiger partial charge in [-0.1, -0.05) is 51.0 Å². The molecule has 1 spiro atoms. The topological polar surface area (TPSA) is 78.5 Å². The first kappa shape index (κ1) is 19.0. The highest BCUT2D eigenvalue weighted by Crippen LogP contribution is 2.34. The van der Waals surface area contributed by atoms with Crippen LogP contribution in [0.15, 0.2) is 24.3 Å². The summed E-state index contributed by atoms with van der Waals surface area (Å²) in [7, 11) is 0. The molecule has 1 aliphatic heterocycles. The lowest BCUT2D eigenvalue weighted by Gasteiger charge is -2.35. The zero-order valence-electron chi connectivity index (χ0n) is 16.7. The minimum atomic E-state index is -0.904. The molecular weight excluding hydrogens is 354 g/mol. The molecule has 6 nitrogen and oxygen atoms in total. The fraction of sp³-hybridized carbons (Fsp3) is 0.591. The number of carbonyl (C=O) groups excluding carboxylic acids is 3. The molecule has 3 aliphatic rings. The fourth-order valence-corrected chi connectivity index (χ4v) is 5.03. The van der Waals surface area contributed by atoms with Gasteiger partial charge in [-0.15, -0.1) is 0 Å². The Kier molecular flexibility index (Phi) is 4.89. The van der Waals surface area contributed by atoms with Gasteiger partial charge < -0.3 is 10.6 Å². The van der Waals surface area contributed by atoms with Crippen LogP contribution in [-0.2, 0) is 22.4 Å². The maximum absolute atomic E-state index is 13.1. The number of amides is 4. The molecule has 4 atom stereocenters. The highest BCUT2D eigenvalue weighted by Gasteiger charge is 2.52. The van der Waals surface area contributed by atoms with Gasteiger partial charge in [-0.2, -0.15) is 0 Å². The second-order valence-corrected chi connectivity index (χ2v) is 8.79. The molecule has 4 rings (SSSR count). The molecule has 4 amide bonds. The van der Waals surface area contributed by atoms with Gasteiger partial charge in [0.1, 0.15) is 12.1 Å². The van der Waals surface area contributed by atoms with Gasteiger partial charge in [-0.3, -0.25) is 14.5 Å². The molecule has 150 valence electrons. The number of urea groups is 1. The number of nitrogens with zero attached hydrogens (tertiary/aromatic N) is 1. The third kappa shape index (κ3) is 3.29. The SMILES string of the molecule is CC1CCCC(NC(=O)CN2C(=O)NC3(CCc4ccccc4C3)C2=O)C1C. The van der Waals surface area contributed by atoms with Crippen molar-refractivity contribution in [3.63, 3.8) is 0 Å². The van der Waals surface area contributed by atoms with Crippen LogP contribution in [0.25, 0.3) is 0 Å². The van der Waals surface area contributed by atoms with Gasteiger partial charge in [0.15, 0.2) is 0 Å². The largest absolute Gasteiger partial charge is 0.352 e. The third-order valence-corrected chi connectivity index (χ3v) is 7.03. The van der Waals surface area contributed by atoms with Crippen LogP contribution in [0.4, 0.5) is 4.79 Å². The Labute approximate surface area is 166 Å². The number of nitrogens with one attached hydrogen (secondary N) is 2. The quantitative estimate of drug-likeness (QED) is 0.787. The van der Waals surface area contributed by atoms with Gasteiger partial charge in [0, 0.05) is 12.5 Å². The summed E-state index contributed by atoms with van der Waals surface area (Å²) in [6, 6.07) is 7.70. The van der Waals surface area contributed by atoms with Crippen LogP contribution in [0.2, 0.25) is 0 Å². The fourth-order valence-electron chi connectivity index (χ4n) is 5.03. The van der Waals surface area contributed by atoms with Gasteiger partial charge in [-0.25, -0.2) is 4.79 Å². The molecular formula is C22H29N3O3. The van der Waals surface area contributed by atoms with Gasteiger partial charge >= 0.3 is 6.03 Å². The predicted octanol–water partition coefficient (Wildman–Crippen LogP) is 2.41. The molecule has 28 heavy (non-hydrogen) atoms. The second kappa shape index (κ2) is 7.22. The van der Waals surface area contributed by atoms with Gasteiger partial charge in [-0.05, 0) is 42.2 Å². The van der Waals surface area contributed by atoms with Crippen molar-refractivity contribution in [3.8, 4) is 0 Å². The lowest BCUT2D eigenvalue weighted by atomic mass is 9.78. The summed E-state index contributed by atoms with van der Waals surface area (Å²) in [5.41, 5.74) is 1.42. The normalized spacial score (nSPS) is 32.2. The van der Waals surface area contributed by atoms with Crippen molar-refractivity contribution in [2.24, 2.45) is 11.8 Å². The van der Waals surface area contributed by atoms with Crippen LogP contribution in [0.3, 0.4) is 0 Å². The first-order valence-corrected chi connectivity index (χ1v) is 10.4. The minimum absolute atomic E-state index is 0.118. The minimum Gasteiger partial charge on any atom is -0.352 e. The van der Waals surface area contributed by atoms with Gasteiger partial charge in [0.25, 0.3) is 5.91 Å². The molecule has 0 bridgehead atoms. The van der Waals surface area contributed by atoms with Crippen molar-refractivity contribution in [3.05, 3.63) is 35.4 Å². The predicted molar refractivity (Wildman–Crippen MR) is 106 cm³/mol. The van der Waals surface area contributed by atoms with Gasteiger partial charge in [0.05, 0.1) is 0 Å². The molecule has 0 aromatic heterocycles. The molecule has 2 N–H and O–H groups in total. The average molecular weight is 383 g/mol.